The molecule has 1 heterocycles. The normalized spacial score (nSPS) is 19.8. The van der Waals surface area contributed by atoms with Crippen LogP contribution < -0.4 is 11.2 Å². The van der Waals surface area contributed by atoms with Crippen molar-refractivity contribution in [1.82, 2.24) is 10.3 Å². The van der Waals surface area contributed by atoms with Crippen molar-refractivity contribution in [2.75, 3.05) is 19.7 Å². The number of halogens is 7. The predicted octanol–water partition coefficient (Wildman–Crippen LogP) is 6.14. The van der Waals surface area contributed by atoms with Gasteiger partial charge in [0.2, 0.25) is 0 Å². The van der Waals surface area contributed by atoms with Crippen molar-refractivity contribution in [2.45, 2.75) is 64.1 Å². The van der Waals surface area contributed by atoms with Crippen molar-refractivity contribution in [1.29, 1.82) is 0 Å². The lowest BCUT2D eigenvalue weighted by molar-refractivity contribution is -0.227. The minimum Gasteiger partial charge on any atom is -0.443 e. The number of amidine groups is 1. The number of morpholine rings is 1. The lowest BCUT2D eigenvalue weighted by Gasteiger charge is -2.41. The zero-order valence-corrected chi connectivity index (χ0v) is 23.1. The van der Waals surface area contributed by atoms with Crippen LogP contribution in [0.25, 0.3) is 0 Å². The second-order valence-corrected chi connectivity index (χ2v) is 10.5. The smallest absolute Gasteiger partial charge is 0.428 e. The van der Waals surface area contributed by atoms with Gasteiger partial charge in [-0.05, 0) is 69.2 Å². The Labute approximate surface area is 237 Å². The summed E-state index contributed by atoms with van der Waals surface area (Å²) >= 11 is 0. The molecule has 232 valence electrons. The number of ether oxygens (including phenoxy) is 3. The SMILES string of the molecule is CC(OC1OCCN(CC(N)=NNC(=O)OC(C)(C)C)C1c1ccc(F)cc1)c1cc(C(F)(F)F)cc(C(F)(F)F)c1. The van der Waals surface area contributed by atoms with Gasteiger partial charge in [0.25, 0.3) is 0 Å². The molecule has 0 saturated carbocycles. The van der Waals surface area contributed by atoms with Crippen LogP contribution >= 0.6 is 0 Å². The Kier molecular flexibility index (Phi) is 10.1. The summed E-state index contributed by atoms with van der Waals surface area (Å²) in [4.78, 5) is 13.6. The third-order valence-electron chi connectivity index (χ3n) is 6.00. The van der Waals surface area contributed by atoms with Gasteiger partial charge in [-0.25, -0.2) is 14.6 Å². The van der Waals surface area contributed by atoms with E-state index in [4.69, 9.17) is 19.9 Å². The Bertz CT molecular complexity index is 1230. The second-order valence-electron chi connectivity index (χ2n) is 10.5. The monoisotopic (exact) mass is 608 g/mol. The Morgan fingerprint density at radius 2 is 1.64 bits per heavy atom. The van der Waals surface area contributed by atoms with E-state index < -0.39 is 59.4 Å². The molecule has 3 atom stereocenters. The quantitative estimate of drug-likeness (QED) is 0.170. The third-order valence-corrected chi connectivity index (χ3v) is 6.00. The van der Waals surface area contributed by atoms with Gasteiger partial charge in [-0.2, -0.15) is 31.4 Å². The first kappa shape index (κ1) is 33.1. The number of hydrogen-bond acceptors (Lipinski definition) is 6. The molecule has 1 saturated heterocycles. The number of nitrogens with one attached hydrogen (secondary N) is 1. The first-order valence-corrected chi connectivity index (χ1v) is 12.7. The fourth-order valence-corrected chi connectivity index (χ4v) is 4.16. The van der Waals surface area contributed by atoms with Crippen molar-refractivity contribution >= 4 is 11.9 Å². The minimum atomic E-state index is -5.03. The van der Waals surface area contributed by atoms with Gasteiger partial charge in [-0.3, -0.25) is 4.90 Å². The molecule has 1 aliphatic rings. The molecule has 2 aromatic rings. The van der Waals surface area contributed by atoms with E-state index in [2.05, 4.69) is 10.5 Å². The number of alkyl halides is 6. The molecular formula is C27H31F7N4O4. The molecule has 3 unspecified atom stereocenters. The van der Waals surface area contributed by atoms with Crippen molar-refractivity contribution in [3.05, 3.63) is 70.5 Å². The summed E-state index contributed by atoms with van der Waals surface area (Å²) < 4.78 is 111. The second kappa shape index (κ2) is 12.8. The van der Waals surface area contributed by atoms with Gasteiger partial charge in [0.05, 0.1) is 36.4 Å². The molecule has 2 aromatic carbocycles. The molecule has 8 nitrogen and oxygen atoms in total. The maximum absolute atomic E-state index is 13.7. The van der Waals surface area contributed by atoms with Crippen molar-refractivity contribution in [3.63, 3.8) is 0 Å². The average molecular weight is 609 g/mol. The van der Waals surface area contributed by atoms with Gasteiger partial charge in [-0.1, -0.05) is 12.1 Å². The van der Waals surface area contributed by atoms with Crippen LogP contribution in [-0.4, -0.2) is 48.4 Å². The topological polar surface area (TPSA) is 98.4 Å². The summed E-state index contributed by atoms with van der Waals surface area (Å²) in [5.74, 6) is -0.603. The number of rotatable bonds is 7. The van der Waals surface area contributed by atoms with E-state index in [1.54, 1.807) is 25.7 Å². The number of nitrogens with two attached hydrogens (primary N) is 1. The predicted molar refractivity (Wildman–Crippen MR) is 137 cm³/mol. The number of nitrogens with zero attached hydrogens (tertiary/aromatic N) is 2. The van der Waals surface area contributed by atoms with E-state index >= 15 is 0 Å². The fraction of sp³-hybridized carbons (Fsp3) is 0.481. The Balaban J connectivity index is 1.89. The molecule has 0 aliphatic carbocycles. The van der Waals surface area contributed by atoms with Crippen LogP contribution in [0.3, 0.4) is 0 Å². The number of carbonyl (C=O) groups is 1. The van der Waals surface area contributed by atoms with E-state index in [1.165, 1.54) is 31.2 Å². The third kappa shape index (κ3) is 9.29. The number of hydrazone groups is 1. The van der Waals surface area contributed by atoms with Gasteiger partial charge in [0, 0.05) is 6.54 Å². The molecule has 3 N–H and O–H groups in total. The molecule has 0 spiro atoms. The van der Waals surface area contributed by atoms with Crippen LogP contribution in [0, 0.1) is 5.82 Å². The highest BCUT2D eigenvalue weighted by Crippen LogP contribution is 2.39. The highest BCUT2D eigenvalue weighted by Gasteiger charge is 2.39. The summed E-state index contributed by atoms with van der Waals surface area (Å²) in [7, 11) is 0. The molecule has 15 heteroatoms. The first-order valence-electron chi connectivity index (χ1n) is 12.7. The maximum atomic E-state index is 13.7. The molecule has 1 amide bonds. The number of benzene rings is 2. The van der Waals surface area contributed by atoms with Crippen LogP contribution in [0.15, 0.2) is 47.6 Å². The maximum Gasteiger partial charge on any atom is 0.428 e. The Hall–Kier alpha value is -3.43. The molecule has 1 aliphatic heterocycles. The lowest BCUT2D eigenvalue weighted by atomic mass is 10.0. The average Bonchev–Trinajstić information content (AvgIpc) is 2.86. The lowest BCUT2D eigenvalue weighted by Crippen LogP contribution is -2.49. The minimum absolute atomic E-state index is 0.0316. The fourth-order valence-electron chi connectivity index (χ4n) is 4.16. The summed E-state index contributed by atoms with van der Waals surface area (Å²) in [6.45, 7) is 6.47. The van der Waals surface area contributed by atoms with E-state index in [9.17, 15) is 35.5 Å². The Morgan fingerprint density at radius 1 is 1.07 bits per heavy atom. The van der Waals surface area contributed by atoms with Crippen molar-refractivity contribution < 1.29 is 49.7 Å². The van der Waals surface area contributed by atoms with Gasteiger partial charge in [-0.15, -0.1) is 0 Å². The van der Waals surface area contributed by atoms with E-state index in [0.29, 0.717) is 17.7 Å². The van der Waals surface area contributed by atoms with E-state index in [0.717, 1.165) is 0 Å². The highest BCUT2D eigenvalue weighted by molar-refractivity contribution is 5.83. The largest absolute Gasteiger partial charge is 0.443 e. The summed E-state index contributed by atoms with van der Waals surface area (Å²) in [5.41, 5.74) is 4.52. The van der Waals surface area contributed by atoms with Gasteiger partial charge < -0.3 is 19.9 Å². The molecule has 0 aromatic heterocycles. The summed E-state index contributed by atoms with van der Waals surface area (Å²) in [6.07, 6.45) is -13.4. The molecule has 3 rings (SSSR count). The zero-order valence-electron chi connectivity index (χ0n) is 23.1. The standard InChI is InChI=1S/C27H31F7N4O4/c1-15(17-11-18(26(29,30)31)13-19(12-17)27(32,33)34)41-23-22(16-5-7-20(28)8-6-16)38(9-10-40-23)14-21(35)36-37-24(39)42-25(2,3)4/h5-8,11-13,15,22-23H,9-10,14H2,1-4H3,(H2,35,36)(H,37,39). The van der Waals surface area contributed by atoms with Crippen LogP contribution in [0.4, 0.5) is 35.5 Å². The van der Waals surface area contributed by atoms with Crippen LogP contribution in [-0.2, 0) is 26.6 Å². The Morgan fingerprint density at radius 3 is 2.17 bits per heavy atom. The highest BCUT2D eigenvalue weighted by atomic mass is 19.4. The van der Waals surface area contributed by atoms with Crippen LogP contribution in [0.2, 0.25) is 0 Å². The van der Waals surface area contributed by atoms with Crippen molar-refractivity contribution in [2.24, 2.45) is 10.8 Å². The van der Waals surface area contributed by atoms with Crippen molar-refractivity contribution in [3.8, 4) is 0 Å². The van der Waals surface area contributed by atoms with E-state index in [1.807, 2.05) is 0 Å². The first-order chi connectivity index (χ1) is 19.3. The molecule has 0 radical (unpaired) electrons. The molecule has 42 heavy (non-hydrogen) atoms. The summed E-state index contributed by atoms with van der Waals surface area (Å²) in [5, 5.41) is 3.82. The van der Waals surface area contributed by atoms with Gasteiger partial charge in [0.15, 0.2) is 6.29 Å². The van der Waals surface area contributed by atoms with E-state index in [-0.39, 0.29) is 37.2 Å². The molecular weight excluding hydrogens is 577 g/mol. The van der Waals surface area contributed by atoms with Crippen LogP contribution in [0.5, 0.6) is 0 Å². The number of carbonyl (C=O) groups excluding carboxylic acids is 1. The number of amides is 1. The van der Waals surface area contributed by atoms with Crippen LogP contribution in [0.1, 0.15) is 62.1 Å². The van der Waals surface area contributed by atoms with Gasteiger partial charge in [0.1, 0.15) is 17.3 Å². The molecule has 1 fully saturated rings. The van der Waals surface area contributed by atoms with Gasteiger partial charge >= 0.3 is 18.4 Å². The number of hydrogen-bond donors (Lipinski definition) is 2. The summed E-state index contributed by atoms with van der Waals surface area (Å²) in [6, 6.07) is 5.57. The molecule has 0 bridgehead atoms. The zero-order chi connectivity index (χ0) is 31.5.